The molecule has 0 atom stereocenters. The molecule has 0 aliphatic rings. The van der Waals surface area contributed by atoms with E-state index in [1.807, 2.05) is 55.5 Å². The van der Waals surface area contributed by atoms with Crippen molar-refractivity contribution in [1.29, 1.82) is 0 Å². The number of hydrogen-bond donors (Lipinski definition) is 1. The number of anilines is 1. The largest absolute Gasteiger partial charge is 0.437 e. The SMILES string of the molecule is Cc1cnc(Oc2ccc(-c3ccccc3)cc2)c(N)c1. The number of pyridine rings is 1. The van der Waals surface area contributed by atoms with Crippen molar-refractivity contribution in [1.82, 2.24) is 4.98 Å². The van der Waals surface area contributed by atoms with Gasteiger partial charge in [-0.15, -0.1) is 0 Å². The van der Waals surface area contributed by atoms with Crippen molar-refractivity contribution in [3.8, 4) is 22.8 Å². The molecule has 0 fully saturated rings. The molecule has 0 unspecified atom stereocenters. The zero-order valence-electron chi connectivity index (χ0n) is 11.8. The maximum atomic E-state index is 5.90. The summed E-state index contributed by atoms with van der Waals surface area (Å²) in [6, 6.07) is 19.9. The Balaban J connectivity index is 1.81. The third-order valence-electron chi connectivity index (χ3n) is 3.19. The Kier molecular flexibility index (Phi) is 3.56. The van der Waals surface area contributed by atoms with Crippen molar-refractivity contribution in [3.05, 3.63) is 72.4 Å². The first kappa shape index (κ1) is 13.2. The van der Waals surface area contributed by atoms with Crippen LogP contribution in [0.25, 0.3) is 11.1 Å². The van der Waals surface area contributed by atoms with Gasteiger partial charge in [0.15, 0.2) is 0 Å². The molecule has 0 amide bonds. The molecule has 1 heterocycles. The Morgan fingerprint density at radius 1 is 0.905 bits per heavy atom. The number of rotatable bonds is 3. The van der Waals surface area contributed by atoms with Crippen LogP contribution >= 0.6 is 0 Å². The molecule has 3 nitrogen and oxygen atoms in total. The molecule has 0 saturated heterocycles. The van der Waals surface area contributed by atoms with Gasteiger partial charge in [0.05, 0.1) is 5.69 Å². The molecule has 0 bridgehead atoms. The molecule has 1 aromatic heterocycles. The molecule has 0 saturated carbocycles. The summed E-state index contributed by atoms with van der Waals surface area (Å²) in [6.07, 6.45) is 1.74. The molecule has 2 N–H and O–H groups in total. The van der Waals surface area contributed by atoms with Crippen molar-refractivity contribution in [2.24, 2.45) is 0 Å². The van der Waals surface area contributed by atoms with Crippen molar-refractivity contribution in [2.45, 2.75) is 6.92 Å². The van der Waals surface area contributed by atoms with Crippen LogP contribution in [-0.2, 0) is 0 Å². The molecule has 0 aliphatic carbocycles. The smallest absolute Gasteiger partial charge is 0.242 e. The zero-order chi connectivity index (χ0) is 14.7. The summed E-state index contributed by atoms with van der Waals surface area (Å²) in [6.45, 7) is 1.95. The lowest BCUT2D eigenvalue weighted by molar-refractivity contribution is 0.465. The first-order valence-corrected chi connectivity index (χ1v) is 6.78. The van der Waals surface area contributed by atoms with Gasteiger partial charge in [-0.2, -0.15) is 0 Å². The Hall–Kier alpha value is -2.81. The summed E-state index contributed by atoms with van der Waals surface area (Å²) in [7, 11) is 0. The van der Waals surface area contributed by atoms with E-state index in [9.17, 15) is 0 Å². The average molecular weight is 276 g/mol. The minimum atomic E-state index is 0.438. The van der Waals surface area contributed by atoms with E-state index in [4.69, 9.17) is 10.5 Å². The highest BCUT2D eigenvalue weighted by molar-refractivity contribution is 5.64. The van der Waals surface area contributed by atoms with Gasteiger partial charge in [-0.1, -0.05) is 42.5 Å². The van der Waals surface area contributed by atoms with E-state index in [0.717, 1.165) is 16.9 Å². The molecule has 0 aliphatic heterocycles. The van der Waals surface area contributed by atoms with E-state index in [1.54, 1.807) is 6.20 Å². The predicted molar refractivity (Wildman–Crippen MR) is 85.3 cm³/mol. The van der Waals surface area contributed by atoms with E-state index in [-0.39, 0.29) is 0 Å². The number of ether oxygens (including phenoxy) is 1. The molecule has 3 rings (SSSR count). The van der Waals surface area contributed by atoms with Gasteiger partial charge >= 0.3 is 0 Å². The minimum absolute atomic E-state index is 0.438. The van der Waals surface area contributed by atoms with Crippen LogP contribution in [0.3, 0.4) is 0 Å². The zero-order valence-corrected chi connectivity index (χ0v) is 11.8. The maximum absolute atomic E-state index is 5.90. The normalized spacial score (nSPS) is 10.3. The molecular formula is C18H16N2O. The number of aromatic nitrogens is 1. The highest BCUT2D eigenvalue weighted by Crippen LogP contribution is 2.27. The molecule has 3 aromatic rings. The Bertz CT molecular complexity index is 737. The second kappa shape index (κ2) is 5.67. The number of benzene rings is 2. The van der Waals surface area contributed by atoms with Gasteiger partial charge in [0.2, 0.25) is 5.88 Å². The Morgan fingerprint density at radius 2 is 1.57 bits per heavy atom. The molecule has 3 heteroatoms. The van der Waals surface area contributed by atoms with Crippen LogP contribution in [0.4, 0.5) is 5.69 Å². The Labute approximate surface area is 124 Å². The van der Waals surface area contributed by atoms with Crippen LogP contribution in [0.5, 0.6) is 11.6 Å². The lowest BCUT2D eigenvalue weighted by atomic mass is 10.1. The fourth-order valence-corrected chi connectivity index (χ4v) is 2.12. The van der Waals surface area contributed by atoms with Crippen LogP contribution in [0.2, 0.25) is 0 Å². The summed E-state index contributed by atoms with van der Waals surface area (Å²) in [5, 5.41) is 0. The maximum Gasteiger partial charge on any atom is 0.242 e. The average Bonchev–Trinajstić information content (AvgIpc) is 2.52. The first-order chi connectivity index (χ1) is 10.2. The summed E-state index contributed by atoms with van der Waals surface area (Å²) in [4.78, 5) is 4.21. The summed E-state index contributed by atoms with van der Waals surface area (Å²) in [5.74, 6) is 1.16. The van der Waals surface area contributed by atoms with Crippen molar-refractivity contribution >= 4 is 5.69 Å². The van der Waals surface area contributed by atoms with E-state index in [0.29, 0.717) is 11.6 Å². The van der Waals surface area contributed by atoms with Crippen molar-refractivity contribution in [3.63, 3.8) is 0 Å². The van der Waals surface area contributed by atoms with Crippen LogP contribution in [0.1, 0.15) is 5.56 Å². The van der Waals surface area contributed by atoms with E-state index < -0.39 is 0 Å². The summed E-state index contributed by atoms with van der Waals surface area (Å²) >= 11 is 0. The molecule has 21 heavy (non-hydrogen) atoms. The molecule has 0 spiro atoms. The van der Waals surface area contributed by atoms with Gasteiger partial charge in [0.1, 0.15) is 5.75 Å². The van der Waals surface area contributed by atoms with Crippen molar-refractivity contribution < 1.29 is 4.74 Å². The quantitative estimate of drug-likeness (QED) is 0.769. The van der Waals surface area contributed by atoms with Gasteiger partial charge in [0, 0.05) is 6.20 Å². The third-order valence-corrected chi connectivity index (χ3v) is 3.19. The lowest BCUT2D eigenvalue weighted by Crippen LogP contribution is -1.95. The fraction of sp³-hybridized carbons (Fsp3) is 0.0556. The third kappa shape index (κ3) is 3.03. The van der Waals surface area contributed by atoms with Gasteiger partial charge in [-0.25, -0.2) is 4.98 Å². The number of hydrogen-bond acceptors (Lipinski definition) is 3. The fourth-order valence-electron chi connectivity index (χ4n) is 2.12. The second-order valence-corrected chi connectivity index (χ2v) is 4.90. The topological polar surface area (TPSA) is 48.1 Å². The van der Waals surface area contributed by atoms with E-state index in [1.165, 1.54) is 5.56 Å². The van der Waals surface area contributed by atoms with Gasteiger partial charge in [-0.3, -0.25) is 0 Å². The molecular weight excluding hydrogens is 260 g/mol. The molecule has 2 aromatic carbocycles. The Morgan fingerprint density at radius 3 is 2.24 bits per heavy atom. The summed E-state index contributed by atoms with van der Waals surface area (Å²) in [5.41, 5.74) is 9.78. The predicted octanol–water partition coefficient (Wildman–Crippen LogP) is 4.43. The summed E-state index contributed by atoms with van der Waals surface area (Å²) < 4.78 is 5.72. The van der Waals surface area contributed by atoms with Crippen LogP contribution in [0.15, 0.2) is 66.9 Å². The number of nitrogens with zero attached hydrogens (tertiary/aromatic N) is 1. The van der Waals surface area contributed by atoms with Gasteiger partial charge < -0.3 is 10.5 Å². The number of aryl methyl sites for hydroxylation is 1. The number of nitrogen functional groups attached to an aromatic ring is 1. The highest BCUT2D eigenvalue weighted by Gasteiger charge is 2.04. The number of nitrogens with two attached hydrogens (primary N) is 1. The van der Waals surface area contributed by atoms with Crippen LogP contribution < -0.4 is 10.5 Å². The van der Waals surface area contributed by atoms with E-state index in [2.05, 4.69) is 17.1 Å². The van der Waals surface area contributed by atoms with Gasteiger partial charge in [-0.05, 0) is 41.8 Å². The molecule has 0 radical (unpaired) electrons. The van der Waals surface area contributed by atoms with Crippen LogP contribution in [-0.4, -0.2) is 4.98 Å². The van der Waals surface area contributed by atoms with Crippen LogP contribution in [0, 0.1) is 6.92 Å². The first-order valence-electron chi connectivity index (χ1n) is 6.78. The second-order valence-electron chi connectivity index (χ2n) is 4.90. The van der Waals surface area contributed by atoms with Crippen molar-refractivity contribution in [2.75, 3.05) is 5.73 Å². The monoisotopic (exact) mass is 276 g/mol. The minimum Gasteiger partial charge on any atom is -0.437 e. The lowest BCUT2D eigenvalue weighted by Gasteiger charge is -2.08. The van der Waals surface area contributed by atoms with E-state index >= 15 is 0 Å². The highest BCUT2D eigenvalue weighted by atomic mass is 16.5. The molecule has 104 valence electrons. The standard InChI is InChI=1S/C18H16N2O/c1-13-11-17(19)18(20-12-13)21-16-9-7-15(8-10-16)14-5-3-2-4-6-14/h2-12H,19H2,1H3. The van der Waals surface area contributed by atoms with Gasteiger partial charge in [0.25, 0.3) is 0 Å².